The second-order valence-corrected chi connectivity index (χ2v) is 7.16. The summed E-state index contributed by atoms with van der Waals surface area (Å²) in [7, 11) is 1.63. The summed E-state index contributed by atoms with van der Waals surface area (Å²) >= 11 is 0. The molecule has 5 rings (SSSR count). The molecule has 0 amide bonds. The molecule has 8 heteroatoms. The zero-order valence-corrected chi connectivity index (χ0v) is 17.3. The highest BCUT2D eigenvalue weighted by Gasteiger charge is 2.24. The van der Waals surface area contributed by atoms with Crippen LogP contribution in [0.1, 0.15) is 24.3 Å². The largest absolute Gasteiger partial charge is 0.497 e. The molecule has 0 N–H and O–H groups in total. The van der Waals surface area contributed by atoms with E-state index in [4.69, 9.17) is 18.7 Å². The Bertz CT molecular complexity index is 1170. The number of hydrogen-bond acceptors (Lipinski definition) is 7. The molecule has 0 aliphatic carbocycles. The summed E-state index contributed by atoms with van der Waals surface area (Å²) < 4.78 is 24.2. The van der Waals surface area contributed by atoms with Crippen molar-refractivity contribution >= 4 is 0 Å². The Kier molecular flexibility index (Phi) is 5.13. The molecule has 0 spiro atoms. The van der Waals surface area contributed by atoms with Crippen LogP contribution in [0.25, 0.3) is 23.0 Å². The summed E-state index contributed by atoms with van der Waals surface area (Å²) in [6.45, 7) is 3.69. The van der Waals surface area contributed by atoms with Crippen molar-refractivity contribution in [3.63, 3.8) is 0 Å². The minimum Gasteiger partial charge on any atom is -0.497 e. The van der Waals surface area contributed by atoms with E-state index in [1.54, 1.807) is 7.11 Å². The third-order valence-corrected chi connectivity index (χ3v) is 5.19. The quantitative estimate of drug-likeness (QED) is 0.462. The van der Waals surface area contributed by atoms with Gasteiger partial charge < -0.3 is 18.7 Å². The minimum atomic E-state index is -0.0755. The molecule has 0 fully saturated rings. The van der Waals surface area contributed by atoms with Gasteiger partial charge in [0.25, 0.3) is 5.89 Å². The van der Waals surface area contributed by atoms with Crippen LogP contribution in [0, 0.1) is 0 Å². The van der Waals surface area contributed by atoms with Crippen molar-refractivity contribution in [1.29, 1.82) is 0 Å². The second kappa shape index (κ2) is 8.23. The Balaban J connectivity index is 1.33. The zero-order chi connectivity index (χ0) is 21.2. The Morgan fingerprint density at radius 1 is 1.06 bits per heavy atom. The molecule has 2 aromatic heterocycles. The lowest BCUT2D eigenvalue weighted by molar-refractivity contribution is -0.00115. The first-order valence-corrected chi connectivity index (χ1v) is 10.1. The fourth-order valence-corrected chi connectivity index (χ4v) is 3.56. The van der Waals surface area contributed by atoms with Gasteiger partial charge in [-0.1, -0.05) is 17.3 Å². The molecule has 0 saturated heterocycles. The monoisotopic (exact) mass is 418 g/mol. The maximum Gasteiger partial charge on any atom is 0.278 e. The van der Waals surface area contributed by atoms with Gasteiger partial charge in [-0.05, 0) is 55.0 Å². The molecular weight excluding hydrogens is 396 g/mol. The number of methoxy groups -OCH3 is 1. The maximum atomic E-state index is 6.06. The average Bonchev–Trinajstić information content (AvgIpc) is 3.47. The first kappa shape index (κ1) is 19.3. The van der Waals surface area contributed by atoms with Crippen molar-refractivity contribution in [2.45, 2.75) is 26.2 Å². The van der Waals surface area contributed by atoms with Crippen molar-refractivity contribution in [3.8, 4) is 34.5 Å². The first-order chi connectivity index (χ1) is 15.2. The van der Waals surface area contributed by atoms with Gasteiger partial charge in [0.15, 0.2) is 5.69 Å². The van der Waals surface area contributed by atoms with Crippen LogP contribution in [-0.2, 0) is 17.9 Å². The third-order valence-electron chi connectivity index (χ3n) is 5.19. The number of benzene rings is 2. The van der Waals surface area contributed by atoms with Crippen molar-refractivity contribution in [1.82, 2.24) is 19.9 Å². The predicted octanol–water partition coefficient (Wildman–Crippen LogP) is 4.28. The fraction of sp³-hybridized carbons (Fsp3) is 0.261. The van der Waals surface area contributed by atoms with E-state index in [9.17, 15) is 0 Å². The van der Waals surface area contributed by atoms with Crippen LogP contribution >= 0.6 is 0 Å². The van der Waals surface area contributed by atoms with Gasteiger partial charge >= 0.3 is 0 Å². The lowest BCUT2D eigenvalue weighted by atomic mass is 10.1. The van der Waals surface area contributed by atoms with Gasteiger partial charge in [-0.2, -0.15) is 10.1 Å². The summed E-state index contributed by atoms with van der Waals surface area (Å²) in [5.41, 5.74) is 3.55. The zero-order valence-electron chi connectivity index (χ0n) is 17.3. The standard InChI is InChI=1S/C23H22N4O4/c1-3-29-19-10-4-15(5-11-19)21-13-27-17(14-30-21)12-20(25-27)23-24-22(26-31-23)16-6-8-18(28-2)9-7-16/h4-12,21H,3,13-14H2,1-2H3/t21-/m0/s1. The molecule has 3 heterocycles. The highest BCUT2D eigenvalue weighted by Crippen LogP contribution is 2.30. The molecule has 1 aliphatic heterocycles. The van der Waals surface area contributed by atoms with Crippen LogP contribution in [0.2, 0.25) is 0 Å². The molecule has 2 aromatic carbocycles. The van der Waals surface area contributed by atoms with Crippen molar-refractivity contribution in [2.24, 2.45) is 0 Å². The van der Waals surface area contributed by atoms with E-state index in [0.29, 0.717) is 37.2 Å². The van der Waals surface area contributed by atoms with E-state index >= 15 is 0 Å². The molecule has 31 heavy (non-hydrogen) atoms. The van der Waals surface area contributed by atoms with Crippen LogP contribution in [0.3, 0.4) is 0 Å². The third kappa shape index (κ3) is 3.89. The van der Waals surface area contributed by atoms with Crippen molar-refractivity contribution in [3.05, 3.63) is 65.9 Å². The molecule has 1 aliphatic rings. The Labute approximate surface area is 179 Å². The van der Waals surface area contributed by atoms with E-state index in [1.807, 2.05) is 66.2 Å². The van der Waals surface area contributed by atoms with Crippen molar-refractivity contribution < 1.29 is 18.7 Å². The normalized spacial score (nSPS) is 15.5. The molecule has 0 saturated carbocycles. The van der Waals surface area contributed by atoms with Crippen LogP contribution in [0.4, 0.5) is 0 Å². The number of fused-ring (bicyclic) bond motifs is 1. The second-order valence-electron chi connectivity index (χ2n) is 7.16. The Morgan fingerprint density at radius 3 is 2.58 bits per heavy atom. The van der Waals surface area contributed by atoms with Crippen molar-refractivity contribution in [2.75, 3.05) is 13.7 Å². The van der Waals surface area contributed by atoms with E-state index in [2.05, 4.69) is 15.2 Å². The Hall–Kier alpha value is -3.65. The predicted molar refractivity (Wildman–Crippen MR) is 113 cm³/mol. The number of ether oxygens (including phenoxy) is 3. The highest BCUT2D eigenvalue weighted by molar-refractivity contribution is 5.59. The van der Waals surface area contributed by atoms with Crippen LogP contribution in [0.5, 0.6) is 11.5 Å². The van der Waals surface area contributed by atoms with Crippen LogP contribution in [0.15, 0.2) is 59.1 Å². The molecular formula is C23H22N4O4. The lowest BCUT2D eigenvalue weighted by Crippen LogP contribution is -2.21. The number of rotatable bonds is 6. The summed E-state index contributed by atoms with van der Waals surface area (Å²) in [4.78, 5) is 4.50. The Morgan fingerprint density at radius 2 is 1.84 bits per heavy atom. The van der Waals surface area contributed by atoms with Crippen LogP contribution in [-0.4, -0.2) is 33.6 Å². The fourth-order valence-electron chi connectivity index (χ4n) is 3.56. The smallest absolute Gasteiger partial charge is 0.278 e. The topological polar surface area (TPSA) is 84.4 Å². The molecule has 158 valence electrons. The summed E-state index contributed by atoms with van der Waals surface area (Å²) in [5.74, 6) is 2.52. The van der Waals surface area contributed by atoms with Crippen LogP contribution < -0.4 is 9.47 Å². The maximum absolute atomic E-state index is 6.06. The summed E-state index contributed by atoms with van der Waals surface area (Å²) in [5, 5.41) is 8.76. The molecule has 8 nitrogen and oxygen atoms in total. The van der Waals surface area contributed by atoms with E-state index in [0.717, 1.165) is 28.3 Å². The average molecular weight is 418 g/mol. The lowest BCUT2D eigenvalue weighted by Gasteiger charge is -2.24. The van der Waals surface area contributed by atoms with Gasteiger partial charge in [-0.15, -0.1) is 0 Å². The molecule has 4 aromatic rings. The summed E-state index contributed by atoms with van der Waals surface area (Å²) in [6, 6.07) is 17.4. The molecule has 0 radical (unpaired) electrons. The molecule has 0 bridgehead atoms. The number of hydrogen-bond donors (Lipinski definition) is 0. The van der Waals surface area contributed by atoms with Gasteiger partial charge in [-0.25, -0.2) is 0 Å². The first-order valence-electron chi connectivity index (χ1n) is 10.1. The van der Waals surface area contributed by atoms with Gasteiger partial charge in [0.1, 0.15) is 17.6 Å². The summed E-state index contributed by atoms with van der Waals surface area (Å²) in [6.07, 6.45) is -0.0755. The van der Waals surface area contributed by atoms with E-state index in [-0.39, 0.29) is 6.10 Å². The van der Waals surface area contributed by atoms with E-state index < -0.39 is 0 Å². The highest BCUT2D eigenvalue weighted by atomic mass is 16.5. The SMILES string of the molecule is CCOc1ccc([C@@H]2Cn3nc(-c4nc(-c5ccc(OC)cc5)no4)cc3CO2)cc1. The van der Waals surface area contributed by atoms with Gasteiger partial charge in [0.05, 0.1) is 32.6 Å². The van der Waals surface area contributed by atoms with Gasteiger partial charge in [0.2, 0.25) is 5.82 Å². The van der Waals surface area contributed by atoms with Gasteiger partial charge in [-0.3, -0.25) is 4.68 Å². The molecule has 0 unspecified atom stereocenters. The molecule has 1 atom stereocenters. The number of nitrogens with zero attached hydrogens (tertiary/aromatic N) is 4. The van der Waals surface area contributed by atoms with Gasteiger partial charge in [0, 0.05) is 5.56 Å². The van der Waals surface area contributed by atoms with E-state index in [1.165, 1.54) is 0 Å². The number of aromatic nitrogens is 4. The minimum absolute atomic E-state index is 0.0755.